The first-order valence-electron chi connectivity index (χ1n) is 9.32. The van der Waals surface area contributed by atoms with Gasteiger partial charge < -0.3 is 14.5 Å². The molecule has 0 saturated carbocycles. The number of methoxy groups -OCH3 is 1. The van der Waals surface area contributed by atoms with Crippen LogP contribution in [0.5, 0.6) is 5.75 Å². The molecule has 1 N–H and O–H groups in total. The maximum Gasteiger partial charge on any atom is 0.355 e. The second-order valence-corrected chi connectivity index (χ2v) is 8.71. The molecule has 0 bridgehead atoms. The van der Waals surface area contributed by atoms with Gasteiger partial charge in [0.25, 0.3) is 5.91 Å². The van der Waals surface area contributed by atoms with E-state index in [4.69, 9.17) is 9.15 Å². The third kappa shape index (κ3) is 4.10. The molecule has 4 aromatic rings. The van der Waals surface area contributed by atoms with E-state index in [0.717, 1.165) is 30.3 Å². The number of benzene rings is 3. The zero-order valence-electron chi connectivity index (χ0n) is 16.7. The number of hydrogen-bond acceptors (Lipinski definition) is 6. The van der Waals surface area contributed by atoms with Gasteiger partial charge in [0.05, 0.1) is 12.0 Å². The van der Waals surface area contributed by atoms with Crippen LogP contribution in [-0.4, -0.2) is 21.4 Å². The first kappa shape index (κ1) is 21.3. The highest BCUT2D eigenvalue weighted by Gasteiger charge is 2.23. The SMILES string of the molecule is COc1ccc(NC(=O)c2ccc3oc(=O)c(S(=O)(=O)c4ccc(F)cc4)cc3c2)cc1. The lowest BCUT2D eigenvalue weighted by Gasteiger charge is -2.08. The van der Waals surface area contributed by atoms with Gasteiger partial charge in [-0.15, -0.1) is 0 Å². The van der Waals surface area contributed by atoms with Crippen molar-refractivity contribution < 1.29 is 26.8 Å². The van der Waals surface area contributed by atoms with Gasteiger partial charge in [-0.05, 0) is 72.8 Å². The number of halogens is 1. The summed E-state index contributed by atoms with van der Waals surface area (Å²) in [7, 11) is -2.72. The van der Waals surface area contributed by atoms with Crippen LogP contribution in [0.4, 0.5) is 10.1 Å². The van der Waals surface area contributed by atoms with Crippen molar-refractivity contribution in [3.8, 4) is 5.75 Å². The summed E-state index contributed by atoms with van der Waals surface area (Å²) in [4.78, 5) is 24.1. The summed E-state index contributed by atoms with van der Waals surface area (Å²) < 4.78 is 49.1. The summed E-state index contributed by atoms with van der Waals surface area (Å²) in [5.74, 6) is -0.410. The average Bonchev–Trinajstić information content (AvgIpc) is 2.79. The Balaban J connectivity index is 1.70. The minimum Gasteiger partial charge on any atom is -0.497 e. The third-order valence-electron chi connectivity index (χ3n) is 4.72. The van der Waals surface area contributed by atoms with Crippen LogP contribution in [-0.2, 0) is 9.84 Å². The Hall–Kier alpha value is -3.98. The maximum absolute atomic E-state index is 13.2. The van der Waals surface area contributed by atoms with Crippen molar-refractivity contribution in [3.05, 3.63) is 94.6 Å². The van der Waals surface area contributed by atoms with Crippen molar-refractivity contribution in [2.75, 3.05) is 12.4 Å². The van der Waals surface area contributed by atoms with Crippen LogP contribution < -0.4 is 15.7 Å². The fourth-order valence-corrected chi connectivity index (χ4v) is 4.34. The normalized spacial score (nSPS) is 11.3. The van der Waals surface area contributed by atoms with Crippen molar-refractivity contribution >= 4 is 32.4 Å². The molecule has 162 valence electrons. The molecule has 0 radical (unpaired) electrons. The van der Waals surface area contributed by atoms with E-state index in [9.17, 15) is 22.4 Å². The van der Waals surface area contributed by atoms with Crippen molar-refractivity contribution in [1.82, 2.24) is 0 Å². The van der Waals surface area contributed by atoms with Crippen molar-refractivity contribution in [2.45, 2.75) is 9.79 Å². The number of carbonyl (C=O) groups excluding carboxylic acids is 1. The Morgan fingerprint density at radius 2 is 1.66 bits per heavy atom. The van der Waals surface area contributed by atoms with Crippen LogP contribution >= 0.6 is 0 Å². The molecular weight excluding hydrogens is 437 g/mol. The molecule has 0 fully saturated rings. The van der Waals surface area contributed by atoms with E-state index in [-0.39, 0.29) is 21.4 Å². The van der Waals surface area contributed by atoms with Gasteiger partial charge in [-0.25, -0.2) is 17.6 Å². The second-order valence-electron chi connectivity index (χ2n) is 6.79. The molecule has 32 heavy (non-hydrogen) atoms. The highest BCUT2D eigenvalue weighted by Crippen LogP contribution is 2.24. The molecular formula is C23H16FNO6S. The van der Waals surface area contributed by atoms with Crippen molar-refractivity contribution in [1.29, 1.82) is 0 Å². The van der Waals surface area contributed by atoms with E-state index in [1.165, 1.54) is 25.3 Å². The number of rotatable bonds is 5. The van der Waals surface area contributed by atoms with E-state index in [2.05, 4.69) is 5.32 Å². The summed E-state index contributed by atoms with van der Waals surface area (Å²) in [5.41, 5.74) is -0.173. The topological polar surface area (TPSA) is 103 Å². The molecule has 1 amide bonds. The number of nitrogens with one attached hydrogen (secondary N) is 1. The van der Waals surface area contributed by atoms with Gasteiger partial charge in [0.2, 0.25) is 9.84 Å². The lowest BCUT2D eigenvalue weighted by molar-refractivity contribution is 0.102. The predicted octanol–water partition coefficient (Wildman–Crippen LogP) is 4.03. The quantitative estimate of drug-likeness (QED) is 0.362. The van der Waals surface area contributed by atoms with Crippen LogP contribution in [0.3, 0.4) is 0 Å². The van der Waals surface area contributed by atoms with Gasteiger partial charge in [0, 0.05) is 16.6 Å². The minimum absolute atomic E-state index is 0.119. The van der Waals surface area contributed by atoms with Gasteiger partial charge >= 0.3 is 5.63 Å². The van der Waals surface area contributed by atoms with Crippen LogP contribution in [0, 0.1) is 5.82 Å². The monoisotopic (exact) mass is 453 g/mol. The van der Waals surface area contributed by atoms with E-state index < -0.39 is 32.1 Å². The molecule has 1 heterocycles. The summed E-state index contributed by atoms with van der Waals surface area (Å²) in [6.07, 6.45) is 0. The largest absolute Gasteiger partial charge is 0.497 e. The first-order valence-corrected chi connectivity index (χ1v) is 10.8. The number of fused-ring (bicyclic) bond motifs is 1. The zero-order valence-corrected chi connectivity index (χ0v) is 17.5. The number of sulfone groups is 1. The van der Waals surface area contributed by atoms with E-state index in [1.54, 1.807) is 24.3 Å². The van der Waals surface area contributed by atoms with Gasteiger partial charge in [-0.1, -0.05) is 0 Å². The first-order chi connectivity index (χ1) is 15.3. The van der Waals surface area contributed by atoms with Crippen molar-refractivity contribution in [2.24, 2.45) is 0 Å². The Morgan fingerprint density at radius 1 is 0.969 bits per heavy atom. The molecule has 0 unspecified atom stereocenters. The molecule has 0 aliphatic rings. The van der Waals surface area contributed by atoms with Crippen LogP contribution in [0.25, 0.3) is 11.0 Å². The number of carbonyl (C=O) groups is 1. The van der Waals surface area contributed by atoms with Crippen molar-refractivity contribution in [3.63, 3.8) is 0 Å². The van der Waals surface area contributed by atoms with Gasteiger partial charge in [0.15, 0.2) is 4.90 Å². The fourth-order valence-electron chi connectivity index (χ4n) is 3.05. The average molecular weight is 453 g/mol. The summed E-state index contributed by atoms with van der Waals surface area (Å²) in [6, 6.07) is 16.2. The Morgan fingerprint density at radius 3 is 2.31 bits per heavy atom. The molecule has 0 aliphatic heterocycles. The van der Waals surface area contributed by atoms with E-state index >= 15 is 0 Å². The summed E-state index contributed by atoms with van der Waals surface area (Å²) in [5, 5.41) is 2.96. The molecule has 3 aromatic carbocycles. The third-order valence-corrected chi connectivity index (χ3v) is 6.48. The van der Waals surface area contributed by atoms with E-state index in [0.29, 0.717) is 11.4 Å². The highest BCUT2D eigenvalue weighted by atomic mass is 32.2. The van der Waals surface area contributed by atoms with Crippen LogP contribution in [0.2, 0.25) is 0 Å². The molecule has 0 saturated heterocycles. The summed E-state index contributed by atoms with van der Waals surface area (Å²) in [6.45, 7) is 0. The molecule has 9 heteroatoms. The Bertz CT molecular complexity index is 1480. The van der Waals surface area contributed by atoms with Gasteiger partial charge in [-0.2, -0.15) is 0 Å². The predicted molar refractivity (Wildman–Crippen MR) is 115 cm³/mol. The Labute approximate surface area is 182 Å². The molecule has 1 aromatic heterocycles. The standard InChI is InChI=1S/C23H16FNO6S/c1-30-18-7-5-17(6-8-18)25-22(26)14-2-11-20-15(12-14)13-21(23(27)31-20)32(28,29)19-9-3-16(24)4-10-19/h2-13H,1H3,(H,25,26). The van der Waals surface area contributed by atoms with Gasteiger partial charge in [-0.3, -0.25) is 4.79 Å². The molecule has 4 rings (SSSR count). The maximum atomic E-state index is 13.2. The number of hydrogen-bond donors (Lipinski definition) is 1. The van der Waals surface area contributed by atoms with Gasteiger partial charge in [0.1, 0.15) is 17.1 Å². The zero-order chi connectivity index (χ0) is 22.9. The fraction of sp³-hybridized carbons (Fsp3) is 0.0435. The van der Waals surface area contributed by atoms with Crippen LogP contribution in [0.15, 0.2) is 91.8 Å². The summed E-state index contributed by atoms with van der Waals surface area (Å²) >= 11 is 0. The second kappa shape index (κ2) is 8.27. The smallest absolute Gasteiger partial charge is 0.355 e. The number of anilines is 1. The highest BCUT2D eigenvalue weighted by molar-refractivity contribution is 7.91. The van der Waals surface area contributed by atoms with Crippen LogP contribution in [0.1, 0.15) is 10.4 Å². The number of ether oxygens (including phenoxy) is 1. The molecule has 0 atom stereocenters. The number of amides is 1. The van der Waals surface area contributed by atoms with E-state index in [1.807, 2.05) is 0 Å². The molecule has 0 aliphatic carbocycles. The lowest BCUT2D eigenvalue weighted by Crippen LogP contribution is -2.15. The minimum atomic E-state index is -4.25. The lowest BCUT2D eigenvalue weighted by atomic mass is 10.1. The molecule has 7 nitrogen and oxygen atoms in total. The molecule has 0 spiro atoms. The Kier molecular flexibility index (Phi) is 5.50.